The van der Waals surface area contributed by atoms with Crippen molar-refractivity contribution in [3.63, 3.8) is 0 Å². The second kappa shape index (κ2) is 9.62. The lowest BCUT2D eigenvalue weighted by molar-refractivity contribution is -0.264. The third-order valence-corrected chi connectivity index (χ3v) is 6.84. The van der Waals surface area contributed by atoms with Crippen molar-refractivity contribution in [3.8, 4) is 0 Å². The summed E-state index contributed by atoms with van der Waals surface area (Å²) < 4.78 is 25.2. The molecule has 7 heteroatoms. The first-order valence-electron chi connectivity index (χ1n) is 9.61. The van der Waals surface area contributed by atoms with E-state index in [-0.39, 0.29) is 6.10 Å². The van der Waals surface area contributed by atoms with Gasteiger partial charge in [-0.15, -0.1) is 0 Å². The molecule has 0 aromatic carbocycles. The molecule has 0 amide bonds. The molecule has 1 aromatic rings. The van der Waals surface area contributed by atoms with E-state index in [0.717, 1.165) is 5.56 Å². The van der Waals surface area contributed by atoms with E-state index in [1.165, 1.54) is 0 Å². The number of rotatable bonds is 9. The Balaban J connectivity index is 3.39. The van der Waals surface area contributed by atoms with Crippen LogP contribution in [0.4, 0.5) is 0 Å². The predicted molar refractivity (Wildman–Crippen MR) is 109 cm³/mol. The highest BCUT2D eigenvalue weighted by atomic mass is 31.2. The average Bonchev–Trinajstić information content (AvgIpc) is 2.53. The smallest absolute Gasteiger partial charge is 0.308 e. The number of hydroxylamine groups is 2. The van der Waals surface area contributed by atoms with Gasteiger partial charge >= 0.3 is 7.60 Å². The molecule has 0 radical (unpaired) electrons. The van der Waals surface area contributed by atoms with Gasteiger partial charge < -0.3 is 9.05 Å². The van der Waals surface area contributed by atoms with Crippen molar-refractivity contribution in [2.75, 3.05) is 13.2 Å². The average molecular weight is 401 g/mol. The summed E-state index contributed by atoms with van der Waals surface area (Å²) in [6.07, 6.45) is 3.24. The van der Waals surface area contributed by atoms with Gasteiger partial charge in [0.1, 0.15) is 11.9 Å². The van der Waals surface area contributed by atoms with Gasteiger partial charge in [-0.1, -0.05) is 20.8 Å². The molecule has 156 valence electrons. The first-order chi connectivity index (χ1) is 12.4. The highest BCUT2D eigenvalue weighted by Crippen LogP contribution is 2.61. The number of aromatic nitrogens is 1. The number of pyridine rings is 1. The standard InChI is InChI=1S/C20H37N2O4P/c1-10-24-27(23,25-11-2)18(19(4,5)6)22(20(7,8)9)26-16(3)17-12-14-21-15-13-17/h12-16,18H,10-11H2,1-9H3/t16-,18-/m0/s1. The van der Waals surface area contributed by atoms with Gasteiger partial charge in [-0.25, -0.2) is 0 Å². The number of nitrogens with zero attached hydrogens (tertiary/aromatic N) is 2. The van der Waals surface area contributed by atoms with Gasteiger partial charge in [0, 0.05) is 17.9 Å². The molecule has 0 aliphatic heterocycles. The molecule has 27 heavy (non-hydrogen) atoms. The highest BCUT2D eigenvalue weighted by molar-refractivity contribution is 7.54. The molecular formula is C20H37N2O4P. The lowest BCUT2D eigenvalue weighted by Gasteiger charge is -2.48. The fourth-order valence-electron chi connectivity index (χ4n) is 2.94. The van der Waals surface area contributed by atoms with Gasteiger partial charge in [0.15, 0.2) is 0 Å². The molecule has 0 spiro atoms. The fraction of sp³-hybridized carbons (Fsp3) is 0.750. The zero-order valence-electron chi connectivity index (χ0n) is 18.4. The van der Waals surface area contributed by atoms with Crippen molar-refractivity contribution in [1.82, 2.24) is 10.0 Å². The minimum atomic E-state index is -3.46. The first-order valence-corrected chi connectivity index (χ1v) is 11.2. The van der Waals surface area contributed by atoms with E-state index in [0.29, 0.717) is 13.2 Å². The minimum Gasteiger partial charge on any atom is -0.308 e. The molecule has 0 aliphatic carbocycles. The SMILES string of the molecule is CCOP(=O)(OCC)[C@H](N(O[C@@H](C)c1ccncc1)C(C)(C)C)C(C)(C)C. The van der Waals surface area contributed by atoms with E-state index >= 15 is 0 Å². The maximum Gasteiger partial charge on any atom is 0.350 e. The van der Waals surface area contributed by atoms with Crippen LogP contribution in [0, 0.1) is 5.41 Å². The molecular weight excluding hydrogens is 363 g/mol. The molecule has 1 aromatic heterocycles. The summed E-state index contributed by atoms with van der Waals surface area (Å²) in [5.41, 5.74) is 0.156. The molecule has 0 fully saturated rings. The van der Waals surface area contributed by atoms with Crippen LogP contribution < -0.4 is 0 Å². The van der Waals surface area contributed by atoms with Crippen LogP contribution in [0.25, 0.3) is 0 Å². The number of hydrogen-bond donors (Lipinski definition) is 0. The van der Waals surface area contributed by atoms with Crippen LogP contribution in [0.5, 0.6) is 0 Å². The Labute approximate surface area is 165 Å². The van der Waals surface area contributed by atoms with Crippen molar-refractivity contribution in [2.45, 2.75) is 79.7 Å². The second-order valence-electron chi connectivity index (χ2n) is 8.64. The van der Waals surface area contributed by atoms with Crippen molar-refractivity contribution in [2.24, 2.45) is 5.41 Å². The molecule has 0 saturated heterocycles. The van der Waals surface area contributed by atoms with E-state index in [4.69, 9.17) is 13.9 Å². The maximum atomic E-state index is 13.8. The van der Waals surface area contributed by atoms with E-state index in [1.807, 2.05) is 79.5 Å². The van der Waals surface area contributed by atoms with Gasteiger partial charge in [-0.05, 0) is 64.7 Å². The van der Waals surface area contributed by atoms with Crippen molar-refractivity contribution >= 4 is 7.60 Å². The van der Waals surface area contributed by atoms with Gasteiger partial charge in [-0.2, -0.15) is 5.06 Å². The quantitative estimate of drug-likeness (QED) is 0.385. The molecule has 0 saturated carbocycles. The Morgan fingerprint density at radius 1 is 1.04 bits per heavy atom. The van der Waals surface area contributed by atoms with Crippen LogP contribution in [-0.2, 0) is 18.5 Å². The van der Waals surface area contributed by atoms with E-state index < -0.39 is 24.3 Å². The molecule has 2 atom stereocenters. The zero-order chi connectivity index (χ0) is 20.9. The largest absolute Gasteiger partial charge is 0.350 e. The van der Waals surface area contributed by atoms with Gasteiger partial charge in [0.25, 0.3) is 0 Å². The van der Waals surface area contributed by atoms with Crippen LogP contribution in [-0.4, -0.2) is 34.6 Å². The Hall–Kier alpha value is -0.780. The molecule has 0 aliphatic rings. The molecule has 0 unspecified atom stereocenters. The normalized spacial score (nSPS) is 15.8. The third-order valence-electron chi connectivity index (χ3n) is 4.02. The van der Waals surface area contributed by atoms with Crippen LogP contribution >= 0.6 is 7.60 Å². The predicted octanol–water partition coefficient (Wildman–Crippen LogP) is 5.81. The summed E-state index contributed by atoms with van der Waals surface area (Å²) in [4.78, 5) is 10.5. The summed E-state index contributed by atoms with van der Waals surface area (Å²) in [5, 5.41) is 1.81. The molecule has 0 bridgehead atoms. The maximum absolute atomic E-state index is 13.8. The summed E-state index contributed by atoms with van der Waals surface area (Å²) in [6, 6.07) is 3.84. The highest BCUT2D eigenvalue weighted by Gasteiger charge is 2.51. The third kappa shape index (κ3) is 6.65. The van der Waals surface area contributed by atoms with Crippen LogP contribution in [0.1, 0.15) is 74.0 Å². The molecule has 0 N–H and O–H groups in total. The Morgan fingerprint density at radius 2 is 1.52 bits per heavy atom. The molecule has 1 rings (SSSR count). The van der Waals surface area contributed by atoms with Gasteiger partial charge in [-0.3, -0.25) is 14.4 Å². The van der Waals surface area contributed by atoms with Crippen LogP contribution in [0.3, 0.4) is 0 Å². The van der Waals surface area contributed by atoms with E-state index in [1.54, 1.807) is 12.4 Å². The topological polar surface area (TPSA) is 60.9 Å². The first kappa shape index (κ1) is 24.3. The Kier molecular flexibility index (Phi) is 8.64. The summed E-state index contributed by atoms with van der Waals surface area (Å²) in [7, 11) is -3.46. The fourth-order valence-corrected chi connectivity index (χ4v) is 5.62. The van der Waals surface area contributed by atoms with Gasteiger partial charge in [0.05, 0.1) is 13.2 Å². The van der Waals surface area contributed by atoms with Gasteiger partial charge in [0.2, 0.25) is 0 Å². The van der Waals surface area contributed by atoms with Crippen molar-refractivity contribution < 1.29 is 18.5 Å². The Bertz CT molecular complexity index is 601. The second-order valence-corrected chi connectivity index (χ2v) is 10.7. The lowest BCUT2D eigenvalue weighted by atomic mass is 9.94. The van der Waals surface area contributed by atoms with Crippen LogP contribution in [0.15, 0.2) is 24.5 Å². The molecule has 6 nitrogen and oxygen atoms in total. The Morgan fingerprint density at radius 3 is 1.89 bits per heavy atom. The summed E-state index contributed by atoms with van der Waals surface area (Å²) in [5.74, 6) is -0.575. The molecule has 1 heterocycles. The monoisotopic (exact) mass is 400 g/mol. The van der Waals surface area contributed by atoms with E-state index in [2.05, 4.69) is 4.98 Å². The number of hydrogen-bond acceptors (Lipinski definition) is 6. The summed E-state index contributed by atoms with van der Waals surface area (Å²) >= 11 is 0. The van der Waals surface area contributed by atoms with E-state index in [9.17, 15) is 4.57 Å². The summed E-state index contributed by atoms with van der Waals surface area (Å²) in [6.45, 7) is 18.4. The van der Waals surface area contributed by atoms with Crippen molar-refractivity contribution in [1.29, 1.82) is 0 Å². The van der Waals surface area contributed by atoms with Crippen LogP contribution in [0.2, 0.25) is 0 Å². The lowest BCUT2D eigenvalue weighted by Crippen LogP contribution is -2.53. The zero-order valence-corrected chi connectivity index (χ0v) is 19.2. The van der Waals surface area contributed by atoms with Crippen molar-refractivity contribution in [3.05, 3.63) is 30.1 Å². The minimum absolute atomic E-state index is 0.242.